The van der Waals surface area contributed by atoms with Crippen LogP contribution in [0, 0.1) is 17.7 Å². The van der Waals surface area contributed by atoms with Crippen LogP contribution in [-0.4, -0.2) is 57.5 Å². The first-order chi connectivity index (χ1) is 11.6. The molecule has 0 aliphatic heterocycles. The van der Waals surface area contributed by atoms with Crippen molar-refractivity contribution in [3.63, 3.8) is 0 Å². The lowest BCUT2D eigenvalue weighted by Gasteiger charge is -2.24. The average molecular weight is 375 g/mol. The molecular formula is C15H22FN3O5S. The Morgan fingerprint density at radius 1 is 1.56 bits per heavy atom. The standard InChI is InChI=1S/C15H22FN3O5S/c1-9-6-10(9)8-19(4-5-24-2)12-7-11(15(20)21)13(16)14(17-12)18-25(3,22)23/h7,9-10H,4-6,8H2,1-3H3,(H,17,18)(H,20,21). The predicted molar refractivity (Wildman–Crippen MR) is 91.0 cm³/mol. The Kier molecular flexibility index (Phi) is 5.83. The van der Waals surface area contributed by atoms with Crippen molar-refractivity contribution in [1.82, 2.24) is 4.98 Å². The van der Waals surface area contributed by atoms with Gasteiger partial charge >= 0.3 is 5.97 Å². The topological polar surface area (TPSA) is 109 Å². The number of halogens is 1. The number of hydrogen-bond donors (Lipinski definition) is 2. The normalized spacial score (nSPS) is 19.5. The zero-order valence-corrected chi connectivity index (χ0v) is 15.1. The van der Waals surface area contributed by atoms with E-state index >= 15 is 0 Å². The van der Waals surface area contributed by atoms with Crippen LogP contribution in [0.5, 0.6) is 0 Å². The fourth-order valence-electron chi connectivity index (χ4n) is 2.51. The summed E-state index contributed by atoms with van der Waals surface area (Å²) in [4.78, 5) is 17.1. The number of hydrogen-bond acceptors (Lipinski definition) is 6. The molecule has 1 fully saturated rings. The van der Waals surface area contributed by atoms with Gasteiger partial charge in [0.1, 0.15) is 11.4 Å². The van der Waals surface area contributed by atoms with E-state index in [0.29, 0.717) is 31.5 Å². The third kappa shape index (κ3) is 5.27. The van der Waals surface area contributed by atoms with Crippen LogP contribution in [0.15, 0.2) is 6.07 Å². The number of sulfonamides is 1. The highest BCUT2D eigenvalue weighted by Crippen LogP contribution is 2.39. The van der Waals surface area contributed by atoms with Gasteiger partial charge in [-0.05, 0) is 24.3 Å². The fourth-order valence-corrected chi connectivity index (χ4v) is 3.00. The lowest BCUT2D eigenvalue weighted by atomic mass is 10.2. The maximum Gasteiger partial charge on any atom is 0.338 e. The van der Waals surface area contributed by atoms with E-state index in [1.165, 1.54) is 7.11 Å². The Labute approximate surface area is 146 Å². The number of aromatic nitrogens is 1. The van der Waals surface area contributed by atoms with Crippen LogP contribution < -0.4 is 9.62 Å². The molecular weight excluding hydrogens is 353 g/mol. The number of carboxylic acid groups (broad SMARTS) is 1. The maximum atomic E-state index is 14.3. The minimum absolute atomic E-state index is 0.195. The fraction of sp³-hybridized carbons (Fsp3) is 0.600. The monoisotopic (exact) mass is 375 g/mol. The SMILES string of the molecule is COCCN(CC1CC1C)c1cc(C(=O)O)c(F)c(NS(C)(=O)=O)n1. The molecule has 1 aromatic rings. The first kappa shape index (κ1) is 19.4. The predicted octanol–water partition coefficient (Wildman–Crippen LogP) is 1.40. The molecule has 1 aliphatic rings. The molecule has 0 radical (unpaired) electrons. The van der Waals surface area contributed by atoms with Crippen molar-refractivity contribution in [1.29, 1.82) is 0 Å². The van der Waals surface area contributed by atoms with Gasteiger partial charge < -0.3 is 14.7 Å². The smallest absolute Gasteiger partial charge is 0.338 e. The minimum atomic E-state index is -3.81. The molecule has 10 heteroatoms. The lowest BCUT2D eigenvalue weighted by molar-refractivity contribution is 0.0692. The van der Waals surface area contributed by atoms with Crippen LogP contribution in [0.1, 0.15) is 23.7 Å². The zero-order chi connectivity index (χ0) is 18.8. The molecule has 0 aromatic carbocycles. The Hall–Kier alpha value is -1.94. The van der Waals surface area contributed by atoms with Crippen LogP contribution in [0.4, 0.5) is 16.0 Å². The first-order valence-corrected chi connectivity index (χ1v) is 9.67. The van der Waals surface area contributed by atoms with E-state index in [1.54, 1.807) is 4.90 Å². The van der Waals surface area contributed by atoms with Gasteiger partial charge in [-0.3, -0.25) is 4.72 Å². The van der Waals surface area contributed by atoms with Crippen molar-refractivity contribution < 1.29 is 27.4 Å². The zero-order valence-electron chi connectivity index (χ0n) is 14.3. The summed E-state index contributed by atoms with van der Waals surface area (Å²) in [6.07, 6.45) is 1.89. The van der Waals surface area contributed by atoms with Gasteiger partial charge in [0.2, 0.25) is 10.0 Å². The molecule has 2 rings (SSSR count). The van der Waals surface area contributed by atoms with Crippen molar-refractivity contribution >= 4 is 27.6 Å². The molecule has 0 bridgehead atoms. The van der Waals surface area contributed by atoms with Crippen LogP contribution in [-0.2, 0) is 14.8 Å². The number of aromatic carboxylic acids is 1. The Bertz CT molecular complexity index is 756. The van der Waals surface area contributed by atoms with Crippen molar-refractivity contribution in [2.24, 2.45) is 11.8 Å². The second-order valence-electron chi connectivity index (χ2n) is 6.28. The molecule has 1 saturated carbocycles. The van der Waals surface area contributed by atoms with Gasteiger partial charge in [0.15, 0.2) is 11.6 Å². The van der Waals surface area contributed by atoms with Gasteiger partial charge in [0.05, 0.1) is 12.9 Å². The number of ether oxygens (including phenoxy) is 1. The number of nitrogens with zero attached hydrogens (tertiary/aromatic N) is 2. The highest BCUT2D eigenvalue weighted by molar-refractivity contribution is 7.92. The molecule has 0 spiro atoms. The second kappa shape index (κ2) is 7.52. The summed E-state index contributed by atoms with van der Waals surface area (Å²) in [6, 6.07) is 1.12. The Morgan fingerprint density at radius 3 is 2.68 bits per heavy atom. The summed E-state index contributed by atoms with van der Waals surface area (Å²) >= 11 is 0. The number of pyridine rings is 1. The molecule has 0 saturated heterocycles. The summed E-state index contributed by atoms with van der Waals surface area (Å²) in [5, 5.41) is 9.22. The summed E-state index contributed by atoms with van der Waals surface area (Å²) in [6.45, 7) is 3.52. The summed E-state index contributed by atoms with van der Waals surface area (Å²) in [5.41, 5.74) is -0.637. The molecule has 140 valence electrons. The van der Waals surface area contributed by atoms with Crippen molar-refractivity contribution in [3.8, 4) is 0 Å². The van der Waals surface area contributed by atoms with E-state index in [0.717, 1.165) is 18.7 Å². The molecule has 1 heterocycles. The van der Waals surface area contributed by atoms with E-state index in [2.05, 4.69) is 11.9 Å². The van der Waals surface area contributed by atoms with E-state index in [9.17, 15) is 22.7 Å². The Balaban J connectivity index is 2.42. The highest BCUT2D eigenvalue weighted by atomic mass is 32.2. The minimum Gasteiger partial charge on any atom is -0.478 e. The number of anilines is 2. The van der Waals surface area contributed by atoms with E-state index < -0.39 is 33.2 Å². The average Bonchev–Trinajstić information content (AvgIpc) is 3.19. The number of rotatable bonds is 9. The van der Waals surface area contributed by atoms with E-state index in [4.69, 9.17) is 4.74 Å². The van der Waals surface area contributed by atoms with Gasteiger partial charge in [-0.1, -0.05) is 6.92 Å². The van der Waals surface area contributed by atoms with Crippen molar-refractivity contribution in [2.45, 2.75) is 13.3 Å². The molecule has 2 unspecified atom stereocenters. The largest absolute Gasteiger partial charge is 0.478 e. The molecule has 2 N–H and O–H groups in total. The lowest BCUT2D eigenvalue weighted by Crippen LogP contribution is -2.31. The molecule has 1 aliphatic carbocycles. The maximum absolute atomic E-state index is 14.3. The number of carbonyl (C=O) groups is 1. The molecule has 8 nitrogen and oxygen atoms in total. The Morgan fingerprint density at radius 2 is 2.20 bits per heavy atom. The number of methoxy groups -OCH3 is 1. The first-order valence-electron chi connectivity index (χ1n) is 7.78. The van der Waals surface area contributed by atoms with Crippen molar-refractivity contribution in [2.75, 3.05) is 42.7 Å². The molecule has 2 atom stereocenters. The number of carboxylic acids is 1. The van der Waals surface area contributed by atoms with E-state index in [1.807, 2.05) is 4.72 Å². The van der Waals surface area contributed by atoms with Crippen LogP contribution in [0.3, 0.4) is 0 Å². The van der Waals surface area contributed by atoms with Gasteiger partial charge in [-0.15, -0.1) is 0 Å². The van der Waals surface area contributed by atoms with Crippen LogP contribution in [0.25, 0.3) is 0 Å². The summed E-state index contributed by atoms with van der Waals surface area (Å²) in [5.74, 6) is -2.15. The highest BCUT2D eigenvalue weighted by Gasteiger charge is 2.34. The summed E-state index contributed by atoms with van der Waals surface area (Å²) < 4.78 is 44.1. The quantitative estimate of drug-likeness (QED) is 0.671. The van der Waals surface area contributed by atoms with Crippen LogP contribution in [0.2, 0.25) is 0 Å². The summed E-state index contributed by atoms with van der Waals surface area (Å²) in [7, 11) is -2.27. The number of nitrogens with one attached hydrogen (secondary N) is 1. The van der Waals surface area contributed by atoms with Gasteiger partial charge in [0, 0.05) is 20.2 Å². The third-order valence-corrected chi connectivity index (χ3v) is 4.64. The van der Waals surface area contributed by atoms with Gasteiger partial charge in [0.25, 0.3) is 0 Å². The van der Waals surface area contributed by atoms with Gasteiger partial charge in [-0.25, -0.2) is 22.6 Å². The van der Waals surface area contributed by atoms with E-state index in [-0.39, 0.29) is 5.82 Å². The van der Waals surface area contributed by atoms with Crippen LogP contribution >= 0.6 is 0 Å². The molecule has 1 aromatic heterocycles. The third-order valence-electron chi connectivity index (χ3n) is 4.08. The molecule has 0 amide bonds. The van der Waals surface area contributed by atoms with Crippen molar-refractivity contribution in [3.05, 3.63) is 17.4 Å². The molecule has 25 heavy (non-hydrogen) atoms. The van der Waals surface area contributed by atoms with Gasteiger partial charge in [-0.2, -0.15) is 0 Å². The second-order valence-corrected chi connectivity index (χ2v) is 8.03.